The number of aromatic nitrogens is 1. The lowest BCUT2D eigenvalue weighted by molar-refractivity contribution is 0.00425. The van der Waals surface area contributed by atoms with Gasteiger partial charge in [-0.3, -0.25) is 9.88 Å². The van der Waals surface area contributed by atoms with Crippen LogP contribution in [0.15, 0.2) is 43.1 Å². The zero-order valence-electron chi connectivity index (χ0n) is 20.1. The van der Waals surface area contributed by atoms with Crippen molar-refractivity contribution < 1.29 is 4.74 Å². The second-order valence-electron chi connectivity index (χ2n) is 10.2. The Morgan fingerprint density at radius 3 is 2.88 bits per heavy atom. The highest BCUT2D eigenvalue weighted by atomic mass is 32.1. The van der Waals surface area contributed by atoms with Crippen LogP contribution in [-0.4, -0.2) is 53.3 Å². The fraction of sp³-hybridized carbons (Fsp3) is 0.556. The second-order valence-corrected chi connectivity index (χ2v) is 10.6. The van der Waals surface area contributed by atoms with Gasteiger partial charge in [0, 0.05) is 36.3 Å². The van der Waals surface area contributed by atoms with E-state index in [1.54, 1.807) is 7.11 Å². The van der Waals surface area contributed by atoms with E-state index < -0.39 is 0 Å². The number of pyridine rings is 1. The van der Waals surface area contributed by atoms with E-state index >= 15 is 0 Å². The number of thiocarbonyl (C=S) groups is 1. The Kier molecular flexibility index (Phi) is 7.04. The van der Waals surface area contributed by atoms with Crippen LogP contribution >= 0.6 is 12.2 Å². The lowest BCUT2D eigenvalue weighted by atomic mass is 9.73. The summed E-state index contributed by atoms with van der Waals surface area (Å²) in [5.41, 5.74) is 8.60. The molecule has 0 spiro atoms. The minimum atomic E-state index is 0.0472. The van der Waals surface area contributed by atoms with Gasteiger partial charge in [-0.05, 0) is 86.1 Å². The minimum absolute atomic E-state index is 0.0472. The van der Waals surface area contributed by atoms with Crippen molar-refractivity contribution in [3.63, 3.8) is 0 Å². The van der Waals surface area contributed by atoms with Gasteiger partial charge in [0.05, 0.1) is 18.7 Å². The summed E-state index contributed by atoms with van der Waals surface area (Å²) < 4.78 is 5.55. The van der Waals surface area contributed by atoms with Gasteiger partial charge in [-0.25, -0.2) is 0 Å². The predicted octanol–water partition coefficient (Wildman–Crippen LogP) is 3.91. The summed E-state index contributed by atoms with van der Waals surface area (Å²) in [5.74, 6) is 2.09. The van der Waals surface area contributed by atoms with Gasteiger partial charge in [-0.2, -0.15) is 0 Å². The molecule has 2 bridgehead atoms. The molecule has 4 heterocycles. The highest BCUT2D eigenvalue weighted by Gasteiger charge is 2.43. The molecule has 4 unspecified atom stereocenters. The molecule has 1 aromatic carbocycles. The number of nitrogens with one attached hydrogen (secondary N) is 2. The van der Waals surface area contributed by atoms with Crippen LogP contribution in [0.2, 0.25) is 0 Å². The summed E-state index contributed by atoms with van der Waals surface area (Å²) in [6, 6.07) is 9.04. The third-order valence-electron chi connectivity index (χ3n) is 8.28. The van der Waals surface area contributed by atoms with E-state index in [0.717, 1.165) is 49.0 Å². The number of piperidine rings is 3. The molecule has 6 nitrogen and oxygen atoms in total. The quantitative estimate of drug-likeness (QED) is 0.428. The van der Waals surface area contributed by atoms with E-state index in [1.807, 2.05) is 18.3 Å². The third-order valence-corrected chi connectivity index (χ3v) is 8.51. The number of nitrogens with two attached hydrogens (primary N) is 1. The van der Waals surface area contributed by atoms with Gasteiger partial charge >= 0.3 is 0 Å². The van der Waals surface area contributed by atoms with Crippen LogP contribution < -0.4 is 21.1 Å². The molecule has 4 fully saturated rings. The van der Waals surface area contributed by atoms with Crippen LogP contribution in [0.25, 0.3) is 10.9 Å². The van der Waals surface area contributed by atoms with Crippen molar-refractivity contribution in [2.75, 3.05) is 20.2 Å². The van der Waals surface area contributed by atoms with Gasteiger partial charge in [0.1, 0.15) is 5.75 Å². The van der Waals surface area contributed by atoms with E-state index in [0.29, 0.717) is 23.0 Å². The average molecular weight is 480 g/mol. The summed E-state index contributed by atoms with van der Waals surface area (Å²) in [6.45, 7) is 6.29. The molecule has 0 amide bonds. The van der Waals surface area contributed by atoms with E-state index in [2.05, 4.69) is 45.3 Å². The molecule has 3 saturated heterocycles. The summed E-state index contributed by atoms with van der Waals surface area (Å²) in [6.07, 6.45) is 11.0. The second kappa shape index (κ2) is 10.2. The maximum absolute atomic E-state index is 6.41. The Morgan fingerprint density at radius 1 is 1.29 bits per heavy atom. The van der Waals surface area contributed by atoms with Crippen LogP contribution in [0.4, 0.5) is 0 Å². The first kappa shape index (κ1) is 23.5. The zero-order valence-corrected chi connectivity index (χ0v) is 20.9. The molecule has 1 aromatic heterocycles. The Morgan fingerprint density at radius 2 is 2.15 bits per heavy atom. The van der Waals surface area contributed by atoms with Crippen molar-refractivity contribution in [1.29, 1.82) is 0 Å². The molecule has 182 valence electrons. The first-order chi connectivity index (χ1) is 16.6. The fourth-order valence-corrected chi connectivity index (χ4v) is 6.62. The largest absolute Gasteiger partial charge is 0.497 e. The molecular formula is C27H37N5OS. The maximum atomic E-state index is 6.41. The Bertz CT molecular complexity index is 1040. The minimum Gasteiger partial charge on any atom is -0.497 e. The fourth-order valence-electron chi connectivity index (χ4n) is 6.34. The molecule has 2 aromatic rings. The van der Waals surface area contributed by atoms with Gasteiger partial charge in [0.15, 0.2) is 5.11 Å². The van der Waals surface area contributed by atoms with Crippen LogP contribution in [0, 0.1) is 11.8 Å². The SMILES string of the molecule is C=CC1CN2CCC1CC2[C@@H](NC(=S)N[C@@H]1CCCC[C@H]1N)c1ccnc2ccc(OC)cc12. The Hall–Kier alpha value is -2.22. The molecular weight excluding hydrogens is 442 g/mol. The number of hydrogen-bond donors (Lipinski definition) is 3. The normalized spacial score (nSPS) is 31.6. The van der Waals surface area contributed by atoms with Gasteiger partial charge in [-0.15, -0.1) is 6.58 Å². The maximum Gasteiger partial charge on any atom is 0.167 e. The molecule has 4 N–H and O–H groups in total. The predicted molar refractivity (Wildman–Crippen MR) is 142 cm³/mol. The molecule has 4 aliphatic rings. The van der Waals surface area contributed by atoms with Crippen LogP contribution in [0.1, 0.15) is 50.1 Å². The number of fused-ring (bicyclic) bond motifs is 4. The highest BCUT2D eigenvalue weighted by Crippen LogP contribution is 2.42. The highest BCUT2D eigenvalue weighted by molar-refractivity contribution is 7.80. The van der Waals surface area contributed by atoms with Gasteiger partial charge in [0.25, 0.3) is 0 Å². The topological polar surface area (TPSA) is 75.4 Å². The van der Waals surface area contributed by atoms with Crippen molar-refractivity contribution in [2.24, 2.45) is 17.6 Å². The van der Waals surface area contributed by atoms with E-state index in [9.17, 15) is 0 Å². The summed E-state index contributed by atoms with van der Waals surface area (Å²) in [4.78, 5) is 7.26. The molecule has 0 radical (unpaired) electrons. The van der Waals surface area contributed by atoms with Crippen molar-refractivity contribution in [3.8, 4) is 5.75 Å². The summed E-state index contributed by atoms with van der Waals surface area (Å²) in [5, 5.41) is 9.12. The lowest BCUT2D eigenvalue weighted by Gasteiger charge is -2.52. The molecule has 1 saturated carbocycles. The third kappa shape index (κ3) is 4.66. The molecule has 7 atom stereocenters. The monoisotopic (exact) mass is 479 g/mol. The number of nitrogens with zero attached hydrogens (tertiary/aromatic N) is 2. The number of hydrogen-bond acceptors (Lipinski definition) is 5. The first-order valence-corrected chi connectivity index (χ1v) is 13.1. The van der Waals surface area contributed by atoms with Gasteiger partial charge in [-0.1, -0.05) is 18.9 Å². The van der Waals surface area contributed by atoms with Crippen LogP contribution in [0.3, 0.4) is 0 Å². The van der Waals surface area contributed by atoms with Gasteiger partial charge < -0.3 is 21.1 Å². The van der Waals surface area contributed by atoms with Crippen molar-refractivity contribution in [2.45, 2.75) is 62.7 Å². The van der Waals surface area contributed by atoms with Crippen LogP contribution in [0.5, 0.6) is 5.75 Å². The smallest absolute Gasteiger partial charge is 0.167 e. The number of methoxy groups -OCH3 is 1. The van der Waals surface area contributed by atoms with Crippen molar-refractivity contribution >= 4 is 28.2 Å². The van der Waals surface area contributed by atoms with E-state index in [1.165, 1.54) is 24.8 Å². The number of ether oxygens (including phenoxy) is 1. The summed E-state index contributed by atoms with van der Waals surface area (Å²) >= 11 is 5.88. The molecule has 6 rings (SSSR count). The average Bonchev–Trinajstić information content (AvgIpc) is 2.88. The summed E-state index contributed by atoms with van der Waals surface area (Å²) in [7, 11) is 1.71. The number of benzene rings is 1. The Labute approximate surface area is 208 Å². The van der Waals surface area contributed by atoms with Crippen LogP contribution in [-0.2, 0) is 0 Å². The molecule has 3 aliphatic heterocycles. The standard InChI is InChI=1S/C27H37N5OS/c1-3-17-16-32-13-11-18(17)14-25(32)26(31-27(34)30-24-7-5-4-6-22(24)28)20-10-12-29-23-9-8-19(33-2)15-21(20)23/h3,8-10,12,15,17-18,22,24-26H,1,4-7,11,13-14,16,28H2,2H3,(H2,30,31,34)/t17?,18?,22-,24-,25?,26+/m1/s1. The molecule has 34 heavy (non-hydrogen) atoms. The Balaban J connectivity index is 1.47. The van der Waals surface area contributed by atoms with E-state index in [-0.39, 0.29) is 18.1 Å². The number of rotatable bonds is 6. The van der Waals surface area contributed by atoms with Crippen molar-refractivity contribution in [3.05, 3.63) is 48.7 Å². The van der Waals surface area contributed by atoms with Crippen molar-refractivity contribution in [1.82, 2.24) is 20.5 Å². The lowest BCUT2D eigenvalue weighted by Crippen LogP contribution is -2.59. The van der Waals surface area contributed by atoms with E-state index in [4.69, 9.17) is 22.7 Å². The molecule has 1 aliphatic carbocycles. The zero-order chi connectivity index (χ0) is 23.7. The first-order valence-electron chi connectivity index (χ1n) is 12.7. The molecule has 7 heteroatoms. The van der Waals surface area contributed by atoms with Gasteiger partial charge in [0.2, 0.25) is 0 Å².